The van der Waals surface area contributed by atoms with Crippen LogP contribution in [-0.2, 0) is 11.8 Å². The minimum Gasteiger partial charge on any atom is -0.497 e. The lowest BCUT2D eigenvalue weighted by Crippen LogP contribution is -2.33. The van der Waals surface area contributed by atoms with E-state index in [2.05, 4.69) is 20.8 Å². The summed E-state index contributed by atoms with van der Waals surface area (Å²) < 4.78 is 6.96. The number of halogens is 1. The Kier molecular flexibility index (Phi) is 8.57. The van der Waals surface area contributed by atoms with Gasteiger partial charge in [0.2, 0.25) is 5.91 Å². The summed E-state index contributed by atoms with van der Waals surface area (Å²) in [6.07, 6.45) is 0. The van der Waals surface area contributed by atoms with Crippen LogP contribution < -0.4 is 15.4 Å². The molecular formula is C24H28ClN5O3S. The van der Waals surface area contributed by atoms with Crippen molar-refractivity contribution in [2.75, 3.05) is 18.2 Å². The van der Waals surface area contributed by atoms with Crippen LogP contribution in [0.1, 0.15) is 41.6 Å². The molecule has 10 heteroatoms. The van der Waals surface area contributed by atoms with Crippen molar-refractivity contribution in [3.63, 3.8) is 0 Å². The smallest absolute Gasteiger partial charge is 0.251 e. The second-order valence-electron chi connectivity index (χ2n) is 8.07. The number of ether oxygens (including phenoxy) is 1. The van der Waals surface area contributed by atoms with Crippen molar-refractivity contribution in [3.8, 4) is 5.75 Å². The number of aromatic nitrogens is 3. The third-order valence-corrected chi connectivity index (χ3v) is 6.76. The van der Waals surface area contributed by atoms with E-state index in [1.165, 1.54) is 11.8 Å². The monoisotopic (exact) mass is 501 g/mol. The van der Waals surface area contributed by atoms with Crippen LogP contribution in [0.15, 0.2) is 47.6 Å². The first-order valence-electron chi connectivity index (χ1n) is 10.7. The highest BCUT2D eigenvalue weighted by Gasteiger charge is 2.25. The first-order valence-corrected chi connectivity index (χ1v) is 12.1. The molecule has 0 unspecified atom stereocenters. The molecule has 1 atom stereocenters. The summed E-state index contributed by atoms with van der Waals surface area (Å²) in [6.45, 7) is 5.86. The van der Waals surface area contributed by atoms with E-state index in [-0.39, 0.29) is 29.5 Å². The van der Waals surface area contributed by atoms with E-state index in [4.69, 9.17) is 16.3 Å². The zero-order valence-corrected chi connectivity index (χ0v) is 21.3. The Morgan fingerprint density at radius 1 is 1.15 bits per heavy atom. The van der Waals surface area contributed by atoms with Crippen LogP contribution in [0.25, 0.3) is 0 Å². The molecule has 0 aliphatic rings. The van der Waals surface area contributed by atoms with Crippen molar-refractivity contribution < 1.29 is 14.3 Å². The maximum Gasteiger partial charge on any atom is 0.251 e. The Labute approximate surface area is 208 Å². The van der Waals surface area contributed by atoms with Gasteiger partial charge in [-0.2, -0.15) is 0 Å². The highest BCUT2D eigenvalue weighted by Crippen LogP contribution is 2.26. The van der Waals surface area contributed by atoms with Crippen molar-refractivity contribution in [2.24, 2.45) is 13.0 Å². The number of nitrogens with one attached hydrogen (secondary N) is 2. The Morgan fingerprint density at radius 3 is 2.50 bits per heavy atom. The Bertz CT molecular complexity index is 1160. The van der Waals surface area contributed by atoms with Crippen molar-refractivity contribution >= 4 is 40.9 Å². The van der Waals surface area contributed by atoms with Crippen LogP contribution in [0.5, 0.6) is 5.75 Å². The van der Waals surface area contributed by atoms with Crippen molar-refractivity contribution in [1.29, 1.82) is 0 Å². The molecule has 1 aromatic heterocycles. The topological polar surface area (TPSA) is 98.1 Å². The summed E-state index contributed by atoms with van der Waals surface area (Å²) in [5.74, 6) is 1.13. The molecule has 2 N–H and O–H groups in total. The predicted molar refractivity (Wildman–Crippen MR) is 135 cm³/mol. The number of carbonyl (C=O) groups excluding carboxylic acids is 2. The van der Waals surface area contributed by atoms with Gasteiger partial charge >= 0.3 is 0 Å². The van der Waals surface area contributed by atoms with E-state index in [9.17, 15) is 9.59 Å². The molecule has 0 aliphatic heterocycles. The fraction of sp³-hybridized carbons (Fsp3) is 0.333. The lowest BCUT2D eigenvalue weighted by molar-refractivity contribution is -0.113. The van der Waals surface area contributed by atoms with Gasteiger partial charge in [0.25, 0.3) is 5.91 Å². The van der Waals surface area contributed by atoms with Crippen molar-refractivity contribution in [2.45, 2.75) is 32.0 Å². The third kappa shape index (κ3) is 6.09. The number of benzene rings is 2. The molecule has 0 radical (unpaired) electrons. The Balaban J connectivity index is 1.67. The van der Waals surface area contributed by atoms with E-state index >= 15 is 0 Å². The molecular weight excluding hydrogens is 474 g/mol. The average Bonchev–Trinajstić information content (AvgIpc) is 3.18. The minimum atomic E-state index is -0.357. The number of methoxy groups -OCH3 is 1. The molecule has 3 rings (SSSR count). The summed E-state index contributed by atoms with van der Waals surface area (Å²) in [7, 11) is 3.40. The van der Waals surface area contributed by atoms with Gasteiger partial charge in [-0.1, -0.05) is 43.3 Å². The van der Waals surface area contributed by atoms with Gasteiger partial charge in [-0.3, -0.25) is 9.59 Å². The zero-order chi connectivity index (χ0) is 24.8. The largest absolute Gasteiger partial charge is 0.497 e. The van der Waals surface area contributed by atoms with Crippen molar-refractivity contribution in [3.05, 3.63) is 64.4 Å². The molecule has 0 fully saturated rings. The van der Waals surface area contributed by atoms with Crippen LogP contribution in [-0.4, -0.2) is 39.4 Å². The van der Waals surface area contributed by atoms with E-state index in [0.717, 1.165) is 5.56 Å². The maximum atomic E-state index is 12.8. The number of carbonyl (C=O) groups is 2. The standard InChI is InChI=1S/C24H28ClN5O3S/c1-14(2)21(27-23(32)16-9-11-17(33-5)12-10-16)22-28-29-24(30(22)4)34-13-20(31)26-19-8-6-7-18(25)15(19)3/h6-12,14,21H,13H2,1-5H3,(H,26,31)(H,27,32)/t21-/m0/s1. The molecule has 34 heavy (non-hydrogen) atoms. The van der Waals surface area contributed by atoms with Gasteiger partial charge in [0.05, 0.1) is 18.9 Å². The maximum absolute atomic E-state index is 12.8. The van der Waals surface area contributed by atoms with Crippen LogP contribution in [0.2, 0.25) is 5.02 Å². The Hall–Kier alpha value is -3.04. The van der Waals surface area contributed by atoms with E-state index < -0.39 is 0 Å². The van der Waals surface area contributed by atoms with E-state index in [1.54, 1.807) is 43.5 Å². The number of rotatable bonds is 9. The molecule has 0 bridgehead atoms. The van der Waals surface area contributed by atoms with Crippen LogP contribution in [0.3, 0.4) is 0 Å². The Morgan fingerprint density at radius 2 is 1.85 bits per heavy atom. The zero-order valence-electron chi connectivity index (χ0n) is 19.8. The van der Waals surface area contributed by atoms with Gasteiger partial charge < -0.3 is 19.9 Å². The number of nitrogens with zero attached hydrogens (tertiary/aromatic N) is 3. The first kappa shape index (κ1) is 25.6. The summed E-state index contributed by atoms with van der Waals surface area (Å²) in [4.78, 5) is 25.3. The molecule has 0 aliphatic carbocycles. The van der Waals surface area contributed by atoms with Gasteiger partial charge in [0, 0.05) is 23.3 Å². The van der Waals surface area contributed by atoms with Crippen molar-refractivity contribution in [1.82, 2.24) is 20.1 Å². The van der Waals surface area contributed by atoms with Gasteiger partial charge in [0.15, 0.2) is 11.0 Å². The number of hydrogen-bond donors (Lipinski definition) is 2. The lowest BCUT2D eigenvalue weighted by atomic mass is 10.0. The summed E-state index contributed by atoms with van der Waals surface area (Å²) in [6, 6.07) is 11.9. The highest BCUT2D eigenvalue weighted by atomic mass is 35.5. The number of thioether (sulfide) groups is 1. The quantitative estimate of drug-likeness (QED) is 0.414. The first-order chi connectivity index (χ1) is 16.2. The van der Waals surface area contributed by atoms with Crippen LogP contribution in [0, 0.1) is 12.8 Å². The van der Waals surface area contributed by atoms with Crippen LogP contribution >= 0.6 is 23.4 Å². The van der Waals surface area contributed by atoms with Gasteiger partial charge in [-0.15, -0.1) is 10.2 Å². The van der Waals surface area contributed by atoms with E-state index in [0.29, 0.717) is 33.0 Å². The van der Waals surface area contributed by atoms with E-state index in [1.807, 2.05) is 38.5 Å². The fourth-order valence-corrected chi connectivity index (χ4v) is 4.17. The molecule has 0 saturated carbocycles. The van der Waals surface area contributed by atoms with Gasteiger partial charge in [-0.25, -0.2) is 0 Å². The molecule has 3 aromatic rings. The molecule has 1 heterocycles. The minimum absolute atomic E-state index is 0.0667. The SMILES string of the molecule is COc1ccc(C(=O)N[C@H](c2nnc(SCC(=O)Nc3cccc(Cl)c3C)n2C)C(C)C)cc1. The normalized spacial score (nSPS) is 11.9. The molecule has 180 valence electrons. The predicted octanol–water partition coefficient (Wildman–Crippen LogP) is 4.64. The summed E-state index contributed by atoms with van der Waals surface area (Å²) >= 11 is 7.40. The lowest BCUT2D eigenvalue weighted by Gasteiger charge is -2.21. The summed E-state index contributed by atoms with van der Waals surface area (Å²) in [5.41, 5.74) is 2.02. The molecule has 2 aromatic carbocycles. The number of hydrogen-bond acceptors (Lipinski definition) is 6. The second-order valence-corrected chi connectivity index (χ2v) is 9.42. The fourth-order valence-electron chi connectivity index (χ4n) is 3.28. The molecule has 0 saturated heterocycles. The molecule has 2 amide bonds. The average molecular weight is 502 g/mol. The number of anilines is 1. The molecule has 0 spiro atoms. The van der Waals surface area contributed by atoms with Gasteiger partial charge in [0.1, 0.15) is 5.75 Å². The van der Waals surface area contributed by atoms with Gasteiger partial charge in [-0.05, 0) is 54.8 Å². The number of amides is 2. The second kappa shape index (κ2) is 11.4. The molecule has 8 nitrogen and oxygen atoms in total. The van der Waals surface area contributed by atoms with Crippen LogP contribution in [0.4, 0.5) is 5.69 Å². The summed E-state index contributed by atoms with van der Waals surface area (Å²) in [5, 5.41) is 15.6. The highest BCUT2D eigenvalue weighted by molar-refractivity contribution is 7.99. The third-order valence-electron chi connectivity index (χ3n) is 5.33.